The van der Waals surface area contributed by atoms with Crippen LogP contribution in [0.25, 0.3) is 0 Å². The Morgan fingerprint density at radius 2 is 1.75 bits per heavy atom. The summed E-state index contributed by atoms with van der Waals surface area (Å²) in [5, 5.41) is 17.4. The van der Waals surface area contributed by atoms with Crippen LogP contribution in [0, 0.1) is 0 Å². The molecule has 0 rings (SSSR count). The fourth-order valence-corrected chi connectivity index (χ4v) is 1.00. The number of alkyl halides is 3. The molecule has 3 nitrogen and oxygen atoms in total. The maximum Gasteiger partial charge on any atom is 0.495 e. The van der Waals surface area contributed by atoms with Crippen LogP contribution in [0.2, 0.25) is 0 Å². The Kier molecular flexibility index (Phi) is 7.45. The highest BCUT2D eigenvalue weighted by atomic mass is 19.4. The van der Waals surface area contributed by atoms with Crippen molar-refractivity contribution in [3.63, 3.8) is 0 Å². The highest BCUT2D eigenvalue weighted by Crippen LogP contribution is 2.25. The molecule has 0 heterocycles. The second kappa shape index (κ2) is 7.70. The van der Waals surface area contributed by atoms with E-state index in [1.54, 1.807) is 0 Å². The summed E-state index contributed by atoms with van der Waals surface area (Å²) in [7, 11) is -1.99. The minimum atomic E-state index is -4.63. The van der Waals surface area contributed by atoms with Crippen LogP contribution in [0.5, 0.6) is 0 Å². The van der Waals surface area contributed by atoms with Crippen LogP contribution >= 0.6 is 0 Å². The molecular weight excluding hydrogens is 224 g/mol. The minimum absolute atomic E-state index is 0.0433. The Bertz CT molecular complexity index is 209. The Morgan fingerprint density at radius 1 is 1.19 bits per heavy atom. The van der Waals surface area contributed by atoms with Crippen LogP contribution in [0.15, 0.2) is 12.1 Å². The average molecular weight is 240 g/mol. The molecule has 7 heteroatoms. The first-order valence-electron chi connectivity index (χ1n) is 5.06. The van der Waals surface area contributed by atoms with Crippen LogP contribution in [0.1, 0.15) is 25.7 Å². The summed E-state index contributed by atoms with van der Waals surface area (Å²) in [6.45, 7) is 2.87. The first-order valence-corrected chi connectivity index (χ1v) is 5.06. The van der Waals surface area contributed by atoms with Crippen LogP contribution in [-0.2, 0) is 4.65 Å². The molecule has 0 atom stereocenters. The predicted molar refractivity (Wildman–Crippen MR) is 54.7 cm³/mol. The highest BCUT2D eigenvalue weighted by Gasteiger charge is 2.40. The molecule has 0 amide bonds. The van der Waals surface area contributed by atoms with Gasteiger partial charge >= 0.3 is 13.3 Å². The van der Waals surface area contributed by atoms with Gasteiger partial charge in [-0.05, 0) is 12.8 Å². The zero-order valence-electron chi connectivity index (χ0n) is 8.96. The standard InChI is InChI=1S/C9H16BF3O3/c1-8(9(11,12)13)10(15)16-7-5-3-2-4-6-14/h14-15H,1-7H2. The van der Waals surface area contributed by atoms with E-state index in [1.165, 1.54) is 0 Å². The van der Waals surface area contributed by atoms with Crippen LogP contribution < -0.4 is 0 Å². The molecule has 0 aliphatic heterocycles. The van der Waals surface area contributed by atoms with Crippen molar-refractivity contribution in [1.82, 2.24) is 0 Å². The van der Waals surface area contributed by atoms with E-state index in [2.05, 4.69) is 11.2 Å². The van der Waals surface area contributed by atoms with Crippen LogP contribution in [-0.4, -0.2) is 36.6 Å². The molecule has 0 unspecified atom stereocenters. The monoisotopic (exact) mass is 240 g/mol. The first-order chi connectivity index (χ1) is 7.39. The topological polar surface area (TPSA) is 49.7 Å². The van der Waals surface area contributed by atoms with Crippen molar-refractivity contribution >= 4 is 7.12 Å². The third-order valence-electron chi connectivity index (χ3n) is 1.99. The Hall–Kier alpha value is -0.525. The fraction of sp³-hybridized carbons (Fsp3) is 0.778. The summed E-state index contributed by atoms with van der Waals surface area (Å²) < 4.78 is 40.6. The molecule has 0 aromatic heterocycles. The molecule has 0 radical (unpaired) electrons. The third kappa shape index (κ3) is 6.87. The molecule has 0 fully saturated rings. The molecule has 0 bridgehead atoms. The number of aliphatic hydroxyl groups excluding tert-OH is 1. The Morgan fingerprint density at radius 3 is 2.25 bits per heavy atom. The van der Waals surface area contributed by atoms with Gasteiger partial charge in [0.25, 0.3) is 0 Å². The SMILES string of the molecule is C=C(B(O)OCCCCCCO)C(F)(F)F. The number of hydrogen-bond donors (Lipinski definition) is 2. The molecule has 0 aromatic carbocycles. The molecule has 0 saturated heterocycles. The maximum absolute atomic E-state index is 12.0. The van der Waals surface area contributed by atoms with E-state index in [4.69, 9.17) is 10.1 Å². The van der Waals surface area contributed by atoms with Crippen LogP contribution in [0.3, 0.4) is 0 Å². The zero-order valence-corrected chi connectivity index (χ0v) is 8.96. The van der Waals surface area contributed by atoms with Gasteiger partial charge in [0.2, 0.25) is 0 Å². The van der Waals surface area contributed by atoms with E-state index < -0.39 is 18.8 Å². The molecule has 0 aliphatic rings. The smallest absolute Gasteiger partial charge is 0.423 e. The first kappa shape index (κ1) is 15.5. The van der Waals surface area contributed by atoms with Gasteiger partial charge in [0.05, 0.1) is 5.47 Å². The van der Waals surface area contributed by atoms with E-state index >= 15 is 0 Å². The summed E-state index contributed by atoms with van der Waals surface area (Å²) in [5.41, 5.74) is -1.29. The molecular formula is C9H16BF3O3. The lowest BCUT2D eigenvalue weighted by molar-refractivity contribution is -0.0877. The largest absolute Gasteiger partial charge is 0.495 e. The molecule has 0 saturated carbocycles. The Balaban J connectivity index is 3.58. The van der Waals surface area contributed by atoms with Gasteiger partial charge in [0.15, 0.2) is 0 Å². The van der Waals surface area contributed by atoms with Crippen molar-refractivity contribution in [2.75, 3.05) is 13.2 Å². The van der Waals surface area contributed by atoms with Gasteiger partial charge < -0.3 is 14.8 Å². The summed E-state index contributed by atoms with van der Waals surface area (Å²) >= 11 is 0. The average Bonchev–Trinajstić information content (AvgIpc) is 2.20. The molecule has 16 heavy (non-hydrogen) atoms. The van der Waals surface area contributed by atoms with E-state index in [1.807, 2.05) is 0 Å². The number of halogens is 3. The van der Waals surface area contributed by atoms with Crippen LogP contribution in [0.4, 0.5) is 13.2 Å². The van der Waals surface area contributed by atoms with Gasteiger partial charge in [-0.25, -0.2) is 0 Å². The fourth-order valence-electron chi connectivity index (χ4n) is 1.00. The number of rotatable bonds is 8. The second-order valence-corrected chi connectivity index (χ2v) is 3.38. The van der Waals surface area contributed by atoms with E-state index in [0.717, 1.165) is 12.8 Å². The van der Waals surface area contributed by atoms with Gasteiger partial charge in [-0.2, -0.15) is 13.2 Å². The number of allylic oxidation sites excluding steroid dienone is 1. The normalized spacial score (nSPS) is 11.6. The summed E-state index contributed by atoms with van der Waals surface area (Å²) in [6.07, 6.45) is -1.89. The minimum Gasteiger partial charge on any atom is -0.423 e. The molecule has 0 aliphatic carbocycles. The van der Waals surface area contributed by atoms with Gasteiger partial charge in [0, 0.05) is 13.2 Å². The van der Waals surface area contributed by atoms with Crippen molar-refractivity contribution in [2.45, 2.75) is 31.9 Å². The van der Waals surface area contributed by atoms with Gasteiger partial charge in [-0.15, -0.1) is 0 Å². The predicted octanol–water partition coefficient (Wildman–Crippen LogP) is 1.69. The van der Waals surface area contributed by atoms with Gasteiger partial charge in [-0.3, -0.25) is 0 Å². The lowest BCUT2D eigenvalue weighted by Crippen LogP contribution is -2.30. The third-order valence-corrected chi connectivity index (χ3v) is 1.99. The molecule has 94 valence electrons. The van der Waals surface area contributed by atoms with Crippen molar-refractivity contribution in [1.29, 1.82) is 0 Å². The lowest BCUT2D eigenvalue weighted by Gasteiger charge is -2.13. The molecule has 0 spiro atoms. The summed E-state index contributed by atoms with van der Waals surface area (Å²) in [5.74, 6) is 0. The lowest BCUT2D eigenvalue weighted by atomic mass is 9.79. The van der Waals surface area contributed by atoms with Gasteiger partial charge in [-0.1, -0.05) is 19.4 Å². The number of aliphatic hydroxyl groups is 1. The quantitative estimate of drug-likeness (QED) is 0.501. The van der Waals surface area contributed by atoms with Crippen molar-refractivity contribution in [3.8, 4) is 0 Å². The molecule has 0 aromatic rings. The zero-order chi connectivity index (χ0) is 12.6. The second-order valence-electron chi connectivity index (χ2n) is 3.38. The summed E-state index contributed by atoms with van der Waals surface area (Å²) in [4.78, 5) is 0. The van der Waals surface area contributed by atoms with Crippen molar-refractivity contribution < 1.29 is 28.0 Å². The molecule has 2 N–H and O–H groups in total. The number of unbranched alkanes of at least 4 members (excludes halogenated alkanes) is 3. The summed E-state index contributed by atoms with van der Waals surface area (Å²) in [6, 6.07) is 0. The number of hydrogen-bond acceptors (Lipinski definition) is 3. The Labute approximate surface area is 93.1 Å². The van der Waals surface area contributed by atoms with E-state index in [-0.39, 0.29) is 13.2 Å². The van der Waals surface area contributed by atoms with E-state index in [0.29, 0.717) is 12.8 Å². The van der Waals surface area contributed by atoms with Crippen molar-refractivity contribution in [2.24, 2.45) is 0 Å². The maximum atomic E-state index is 12.0. The van der Waals surface area contributed by atoms with Gasteiger partial charge in [0.1, 0.15) is 0 Å². The van der Waals surface area contributed by atoms with E-state index in [9.17, 15) is 13.2 Å². The van der Waals surface area contributed by atoms with Crippen molar-refractivity contribution in [3.05, 3.63) is 12.1 Å². The highest BCUT2D eigenvalue weighted by molar-refractivity contribution is 6.52.